The van der Waals surface area contributed by atoms with Gasteiger partial charge in [0.15, 0.2) is 0 Å². The molecule has 1 saturated carbocycles. The topological polar surface area (TPSA) is 55.1 Å². The SMILES string of the molecule is O=C(O)C(S)Cc1cncn1C1CC1. The van der Waals surface area contributed by atoms with E-state index in [-0.39, 0.29) is 0 Å². The van der Waals surface area contributed by atoms with Gasteiger partial charge in [0.2, 0.25) is 0 Å². The molecule has 1 aromatic heterocycles. The van der Waals surface area contributed by atoms with Gasteiger partial charge in [-0.1, -0.05) is 0 Å². The van der Waals surface area contributed by atoms with Crippen molar-refractivity contribution in [2.24, 2.45) is 0 Å². The van der Waals surface area contributed by atoms with Crippen LogP contribution >= 0.6 is 12.6 Å². The second-order valence-corrected chi connectivity index (χ2v) is 4.20. The number of hydrogen-bond acceptors (Lipinski definition) is 3. The largest absolute Gasteiger partial charge is 0.480 e. The van der Waals surface area contributed by atoms with E-state index in [4.69, 9.17) is 5.11 Å². The smallest absolute Gasteiger partial charge is 0.316 e. The maximum Gasteiger partial charge on any atom is 0.316 e. The number of carbonyl (C=O) groups is 1. The molecule has 14 heavy (non-hydrogen) atoms. The van der Waals surface area contributed by atoms with Crippen LogP contribution in [0, 0.1) is 0 Å². The van der Waals surface area contributed by atoms with E-state index < -0.39 is 11.2 Å². The normalized spacial score (nSPS) is 18.1. The van der Waals surface area contributed by atoms with Gasteiger partial charge in [0.1, 0.15) is 5.25 Å². The second-order valence-electron chi connectivity index (χ2n) is 3.58. The minimum absolute atomic E-state index is 0.439. The van der Waals surface area contributed by atoms with Gasteiger partial charge < -0.3 is 9.67 Å². The molecule has 1 N–H and O–H groups in total. The van der Waals surface area contributed by atoms with Crippen LogP contribution in [0.3, 0.4) is 0 Å². The number of hydrogen-bond donors (Lipinski definition) is 2. The molecule has 1 fully saturated rings. The highest BCUT2D eigenvalue weighted by atomic mass is 32.1. The Morgan fingerprint density at radius 3 is 3.07 bits per heavy atom. The van der Waals surface area contributed by atoms with E-state index in [0.717, 1.165) is 5.69 Å². The summed E-state index contributed by atoms with van der Waals surface area (Å²) in [5.41, 5.74) is 0.968. The number of carboxylic acids is 1. The van der Waals surface area contributed by atoms with Crippen molar-refractivity contribution in [3.63, 3.8) is 0 Å². The van der Waals surface area contributed by atoms with E-state index in [1.54, 1.807) is 12.5 Å². The van der Waals surface area contributed by atoms with Crippen LogP contribution in [0.2, 0.25) is 0 Å². The molecule has 0 radical (unpaired) electrons. The van der Waals surface area contributed by atoms with Gasteiger partial charge in [-0.25, -0.2) is 4.98 Å². The fraction of sp³-hybridized carbons (Fsp3) is 0.556. The zero-order valence-electron chi connectivity index (χ0n) is 7.63. The van der Waals surface area contributed by atoms with Gasteiger partial charge in [-0.05, 0) is 12.8 Å². The highest BCUT2D eigenvalue weighted by molar-refractivity contribution is 7.81. The Kier molecular flexibility index (Phi) is 2.50. The molecule has 2 rings (SSSR count). The van der Waals surface area contributed by atoms with Crippen LogP contribution in [0.15, 0.2) is 12.5 Å². The Morgan fingerprint density at radius 2 is 2.50 bits per heavy atom. The van der Waals surface area contributed by atoms with Crippen molar-refractivity contribution >= 4 is 18.6 Å². The van der Waals surface area contributed by atoms with E-state index in [1.807, 2.05) is 0 Å². The van der Waals surface area contributed by atoms with E-state index in [2.05, 4.69) is 22.2 Å². The predicted octanol–water partition coefficient (Wildman–Crippen LogP) is 1.14. The Labute approximate surface area is 87.4 Å². The zero-order chi connectivity index (χ0) is 10.1. The summed E-state index contributed by atoms with van der Waals surface area (Å²) in [6, 6.07) is 0.543. The van der Waals surface area contributed by atoms with E-state index in [1.165, 1.54) is 12.8 Å². The monoisotopic (exact) mass is 212 g/mol. The van der Waals surface area contributed by atoms with Crippen LogP contribution in [-0.2, 0) is 11.2 Å². The maximum absolute atomic E-state index is 10.6. The molecule has 4 nitrogen and oxygen atoms in total. The Balaban J connectivity index is 2.08. The molecule has 0 saturated heterocycles. The number of carboxylic acid groups (broad SMARTS) is 1. The number of aliphatic carboxylic acids is 1. The molecule has 0 spiro atoms. The van der Waals surface area contributed by atoms with Crippen LogP contribution in [0.5, 0.6) is 0 Å². The molecule has 76 valence electrons. The van der Waals surface area contributed by atoms with Gasteiger partial charge in [-0.15, -0.1) is 0 Å². The number of thiol groups is 1. The summed E-state index contributed by atoms with van der Waals surface area (Å²) in [4.78, 5) is 14.6. The third-order valence-corrected chi connectivity index (χ3v) is 2.78. The summed E-state index contributed by atoms with van der Waals surface area (Å²) >= 11 is 4.01. The van der Waals surface area contributed by atoms with E-state index in [0.29, 0.717) is 12.5 Å². The molecular formula is C9H12N2O2S. The summed E-state index contributed by atoms with van der Waals surface area (Å²) in [6.45, 7) is 0. The minimum Gasteiger partial charge on any atom is -0.480 e. The predicted molar refractivity (Wildman–Crippen MR) is 54.6 cm³/mol. The summed E-state index contributed by atoms with van der Waals surface area (Å²) in [7, 11) is 0. The van der Waals surface area contributed by atoms with Crippen molar-refractivity contribution in [2.45, 2.75) is 30.6 Å². The first-order chi connectivity index (χ1) is 6.68. The van der Waals surface area contributed by atoms with Crippen molar-refractivity contribution in [1.82, 2.24) is 9.55 Å². The van der Waals surface area contributed by atoms with Gasteiger partial charge >= 0.3 is 5.97 Å². The first kappa shape index (κ1) is 9.58. The van der Waals surface area contributed by atoms with Crippen molar-refractivity contribution in [2.75, 3.05) is 0 Å². The standard InChI is InChI=1S/C9H12N2O2S/c12-9(13)8(14)3-7-4-10-5-11(7)6-1-2-6/h4-6,8,14H,1-3H2,(H,12,13). The summed E-state index contributed by atoms with van der Waals surface area (Å²) in [5.74, 6) is -0.878. The van der Waals surface area contributed by atoms with E-state index >= 15 is 0 Å². The lowest BCUT2D eigenvalue weighted by atomic mass is 10.2. The maximum atomic E-state index is 10.6. The number of aromatic nitrogens is 2. The van der Waals surface area contributed by atoms with Crippen molar-refractivity contribution in [3.05, 3.63) is 18.2 Å². The number of imidazole rings is 1. The molecule has 0 aliphatic heterocycles. The third-order valence-electron chi connectivity index (χ3n) is 2.37. The molecule has 0 aromatic carbocycles. The second kappa shape index (κ2) is 3.65. The van der Waals surface area contributed by atoms with Gasteiger partial charge in [-0.2, -0.15) is 12.6 Å². The molecule has 1 heterocycles. The molecule has 1 aliphatic rings. The van der Waals surface area contributed by atoms with Gasteiger partial charge in [0.25, 0.3) is 0 Å². The Hall–Kier alpha value is -0.970. The minimum atomic E-state index is -0.878. The van der Waals surface area contributed by atoms with Gasteiger partial charge in [0, 0.05) is 24.4 Å². The average Bonchev–Trinajstić information content (AvgIpc) is 2.88. The van der Waals surface area contributed by atoms with Crippen LogP contribution in [0.4, 0.5) is 0 Å². The molecule has 5 heteroatoms. The molecule has 1 atom stereocenters. The Bertz CT molecular complexity index is 346. The van der Waals surface area contributed by atoms with E-state index in [9.17, 15) is 4.79 Å². The average molecular weight is 212 g/mol. The Morgan fingerprint density at radius 1 is 1.79 bits per heavy atom. The van der Waals surface area contributed by atoms with Crippen molar-refractivity contribution in [3.8, 4) is 0 Å². The summed E-state index contributed by atoms with van der Waals surface area (Å²) < 4.78 is 2.06. The fourth-order valence-electron chi connectivity index (χ4n) is 1.46. The molecule has 1 aromatic rings. The number of rotatable bonds is 4. The first-order valence-corrected chi connectivity index (χ1v) is 5.11. The first-order valence-electron chi connectivity index (χ1n) is 4.60. The van der Waals surface area contributed by atoms with Crippen LogP contribution in [-0.4, -0.2) is 25.9 Å². The van der Waals surface area contributed by atoms with Crippen LogP contribution in [0.25, 0.3) is 0 Å². The van der Waals surface area contributed by atoms with Crippen molar-refractivity contribution in [1.29, 1.82) is 0 Å². The van der Waals surface area contributed by atoms with Crippen LogP contribution < -0.4 is 0 Å². The summed E-state index contributed by atoms with van der Waals surface area (Å²) in [6.07, 6.45) is 6.29. The lowest BCUT2D eigenvalue weighted by Crippen LogP contribution is -2.18. The molecule has 1 aliphatic carbocycles. The van der Waals surface area contributed by atoms with Crippen LogP contribution in [0.1, 0.15) is 24.6 Å². The highest BCUT2D eigenvalue weighted by Gasteiger charge is 2.26. The molecule has 0 amide bonds. The van der Waals surface area contributed by atoms with Crippen molar-refractivity contribution < 1.29 is 9.90 Å². The third kappa shape index (κ3) is 1.92. The molecule has 1 unspecified atom stereocenters. The van der Waals surface area contributed by atoms with Gasteiger partial charge in [-0.3, -0.25) is 4.79 Å². The quantitative estimate of drug-likeness (QED) is 0.736. The number of nitrogens with zero attached hydrogens (tertiary/aromatic N) is 2. The zero-order valence-corrected chi connectivity index (χ0v) is 8.52. The highest BCUT2D eigenvalue weighted by Crippen LogP contribution is 2.35. The molecule has 0 bridgehead atoms. The van der Waals surface area contributed by atoms with Gasteiger partial charge in [0.05, 0.1) is 6.33 Å². The molecular weight excluding hydrogens is 200 g/mol. The fourth-order valence-corrected chi connectivity index (χ4v) is 1.64. The lowest BCUT2D eigenvalue weighted by Gasteiger charge is -2.08. The lowest BCUT2D eigenvalue weighted by molar-refractivity contribution is -0.136. The summed E-state index contributed by atoms with van der Waals surface area (Å²) in [5, 5.41) is 8.08.